The second kappa shape index (κ2) is 8.01. The Labute approximate surface area is 184 Å². The normalized spacial score (nSPS) is 14.2. The number of imide groups is 1. The van der Waals surface area contributed by atoms with Gasteiger partial charge in [0, 0.05) is 51.9 Å². The van der Waals surface area contributed by atoms with E-state index >= 15 is 0 Å². The summed E-state index contributed by atoms with van der Waals surface area (Å²) in [6.07, 6.45) is 4.60. The van der Waals surface area contributed by atoms with Gasteiger partial charge in [-0.1, -0.05) is 25.1 Å². The average Bonchev–Trinajstić information content (AvgIpc) is 3.44. The summed E-state index contributed by atoms with van der Waals surface area (Å²) in [5.74, 6) is -0.726. The molecule has 32 heavy (non-hydrogen) atoms. The van der Waals surface area contributed by atoms with Gasteiger partial charge in [-0.25, -0.2) is 0 Å². The number of aryl methyl sites for hydroxylation is 1. The predicted molar refractivity (Wildman–Crippen MR) is 125 cm³/mol. The molecule has 0 unspecified atom stereocenters. The molecule has 0 radical (unpaired) electrons. The average molecular weight is 428 g/mol. The van der Waals surface area contributed by atoms with Crippen LogP contribution < -0.4 is 10.6 Å². The van der Waals surface area contributed by atoms with Gasteiger partial charge in [-0.05, 0) is 43.8 Å². The fraction of sp³-hybridized carbons (Fsp3) is 0.200. The smallest absolute Gasteiger partial charge is 0.259 e. The lowest BCUT2D eigenvalue weighted by molar-refractivity contribution is -0.122. The number of aromatic amines is 1. The molecule has 4 aromatic rings. The van der Waals surface area contributed by atoms with Crippen molar-refractivity contribution in [1.82, 2.24) is 20.2 Å². The molecule has 0 spiro atoms. The number of carbonyl (C=O) groups is 2. The van der Waals surface area contributed by atoms with Crippen LogP contribution in [0, 0.1) is 0 Å². The molecular formula is C25H24N4O3. The zero-order valence-corrected chi connectivity index (χ0v) is 17.7. The Bertz CT molecular complexity index is 1390. The highest BCUT2D eigenvalue weighted by Crippen LogP contribution is 2.39. The predicted octanol–water partition coefficient (Wildman–Crippen LogP) is 3.40. The van der Waals surface area contributed by atoms with Gasteiger partial charge < -0.3 is 20.0 Å². The van der Waals surface area contributed by atoms with Crippen LogP contribution in [0.3, 0.4) is 0 Å². The lowest BCUT2D eigenvalue weighted by atomic mass is 9.95. The maximum absolute atomic E-state index is 13.0. The number of hydrogen-bond donors (Lipinski definition) is 4. The van der Waals surface area contributed by atoms with Crippen LogP contribution in [0.15, 0.2) is 54.9 Å². The molecule has 5 rings (SSSR count). The zero-order valence-electron chi connectivity index (χ0n) is 17.7. The Balaban J connectivity index is 1.71. The minimum atomic E-state index is -0.426. The molecule has 7 nitrogen and oxygen atoms in total. The van der Waals surface area contributed by atoms with E-state index < -0.39 is 11.8 Å². The highest BCUT2D eigenvalue weighted by molar-refractivity contribution is 6.50. The van der Waals surface area contributed by atoms with E-state index in [1.54, 1.807) is 18.3 Å². The SMILES string of the molecule is CCNCCCn1cc(C2=C(c3c[nH]c4ccccc34)C(=O)NC2=O)c2cc(O)ccc21. The number of aromatic nitrogens is 2. The summed E-state index contributed by atoms with van der Waals surface area (Å²) in [6.45, 7) is 4.61. The largest absolute Gasteiger partial charge is 0.508 e. The van der Waals surface area contributed by atoms with Crippen LogP contribution in [-0.2, 0) is 16.1 Å². The van der Waals surface area contributed by atoms with Gasteiger partial charge in [0.1, 0.15) is 5.75 Å². The van der Waals surface area contributed by atoms with Crippen molar-refractivity contribution in [2.75, 3.05) is 13.1 Å². The number of carbonyl (C=O) groups excluding carboxylic acids is 2. The first-order chi connectivity index (χ1) is 15.6. The van der Waals surface area contributed by atoms with E-state index in [0.29, 0.717) is 22.3 Å². The molecular weight excluding hydrogens is 404 g/mol. The molecule has 2 amide bonds. The number of rotatable bonds is 7. The molecule has 0 atom stereocenters. The van der Waals surface area contributed by atoms with E-state index in [2.05, 4.69) is 27.1 Å². The molecule has 2 aromatic heterocycles. The molecule has 3 heterocycles. The maximum Gasteiger partial charge on any atom is 0.259 e. The number of amides is 2. The number of nitrogens with zero attached hydrogens (tertiary/aromatic N) is 1. The van der Waals surface area contributed by atoms with Crippen molar-refractivity contribution in [1.29, 1.82) is 0 Å². The van der Waals surface area contributed by atoms with E-state index in [1.807, 2.05) is 36.5 Å². The molecule has 0 aliphatic carbocycles. The quantitative estimate of drug-likeness (QED) is 0.268. The lowest BCUT2D eigenvalue weighted by Gasteiger charge is -2.05. The van der Waals surface area contributed by atoms with E-state index in [-0.39, 0.29) is 5.75 Å². The molecule has 0 saturated heterocycles. The summed E-state index contributed by atoms with van der Waals surface area (Å²) in [4.78, 5) is 29.1. The van der Waals surface area contributed by atoms with E-state index in [9.17, 15) is 14.7 Å². The van der Waals surface area contributed by atoms with Gasteiger partial charge in [-0.2, -0.15) is 0 Å². The van der Waals surface area contributed by atoms with E-state index in [4.69, 9.17) is 0 Å². The van der Waals surface area contributed by atoms with Crippen molar-refractivity contribution in [3.05, 3.63) is 66.0 Å². The van der Waals surface area contributed by atoms with Gasteiger partial charge in [0.2, 0.25) is 0 Å². The van der Waals surface area contributed by atoms with Crippen LogP contribution in [0.2, 0.25) is 0 Å². The van der Waals surface area contributed by atoms with E-state index in [0.717, 1.165) is 47.9 Å². The number of phenolic OH excluding ortho intramolecular Hbond substituents is 1. The van der Waals surface area contributed by atoms with Gasteiger partial charge in [0.15, 0.2) is 0 Å². The first kappa shape index (κ1) is 20.1. The van der Waals surface area contributed by atoms with Crippen molar-refractivity contribution in [2.45, 2.75) is 19.9 Å². The van der Waals surface area contributed by atoms with Gasteiger partial charge in [0.25, 0.3) is 11.8 Å². The highest BCUT2D eigenvalue weighted by Gasteiger charge is 2.35. The third kappa shape index (κ3) is 3.27. The lowest BCUT2D eigenvalue weighted by Crippen LogP contribution is -2.22. The first-order valence-electron chi connectivity index (χ1n) is 10.8. The third-order valence-electron chi connectivity index (χ3n) is 5.93. The Morgan fingerprint density at radius 1 is 1.00 bits per heavy atom. The number of phenols is 1. The van der Waals surface area contributed by atoms with Crippen molar-refractivity contribution in [3.63, 3.8) is 0 Å². The van der Waals surface area contributed by atoms with Crippen LogP contribution in [-0.4, -0.2) is 39.6 Å². The minimum absolute atomic E-state index is 0.114. The topological polar surface area (TPSA) is 99.2 Å². The molecule has 0 fully saturated rings. The molecule has 0 saturated carbocycles. The van der Waals surface area contributed by atoms with Crippen LogP contribution in [0.1, 0.15) is 24.5 Å². The maximum atomic E-state index is 13.0. The van der Waals surface area contributed by atoms with Crippen LogP contribution >= 0.6 is 0 Å². The number of H-pyrrole nitrogens is 1. The highest BCUT2D eigenvalue weighted by atomic mass is 16.3. The third-order valence-corrected chi connectivity index (χ3v) is 5.93. The molecule has 0 bridgehead atoms. The summed E-state index contributed by atoms with van der Waals surface area (Å²) in [7, 11) is 0. The molecule has 7 heteroatoms. The van der Waals surface area contributed by atoms with Crippen molar-refractivity contribution in [2.24, 2.45) is 0 Å². The summed E-state index contributed by atoms with van der Waals surface area (Å²) >= 11 is 0. The second-order valence-electron chi connectivity index (χ2n) is 7.93. The zero-order chi connectivity index (χ0) is 22.2. The summed E-state index contributed by atoms with van der Waals surface area (Å²) in [5.41, 5.74) is 3.82. The fourth-order valence-electron chi connectivity index (χ4n) is 4.47. The Hall–Kier alpha value is -3.84. The summed E-state index contributed by atoms with van der Waals surface area (Å²) < 4.78 is 2.08. The summed E-state index contributed by atoms with van der Waals surface area (Å²) in [6, 6.07) is 12.8. The van der Waals surface area contributed by atoms with Gasteiger partial charge in [-0.3, -0.25) is 14.9 Å². The summed E-state index contributed by atoms with van der Waals surface area (Å²) in [5, 5.41) is 17.6. The monoisotopic (exact) mass is 428 g/mol. The van der Waals surface area contributed by atoms with Crippen molar-refractivity contribution < 1.29 is 14.7 Å². The number of fused-ring (bicyclic) bond motifs is 2. The van der Waals surface area contributed by atoms with Crippen LogP contribution in [0.4, 0.5) is 0 Å². The Morgan fingerprint density at radius 3 is 2.59 bits per heavy atom. The number of para-hydroxylation sites is 1. The second-order valence-corrected chi connectivity index (χ2v) is 7.93. The van der Waals surface area contributed by atoms with Gasteiger partial charge in [0.05, 0.1) is 11.1 Å². The first-order valence-corrected chi connectivity index (χ1v) is 10.8. The molecule has 4 N–H and O–H groups in total. The fourth-order valence-corrected chi connectivity index (χ4v) is 4.47. The van der Waals surface area contributed by atoms with Crippen molar-refractivity contribution in [3.8, 4) is 5.75 Å². The number of hydrogen-bond acceptors (Lipinski definition) is 4. The molecule has 1 aliphatic rings. The Morgan fingerprint density at radius 2 is 1.78 bits per heavy atom. The Kier molecular flexibility index (Phi) is 5.03. The number of benzene rings is 2. The van der Waals surface area contributed by atoms with E-state index in [1.165, 1.54) is 0 Å². The van der Waals surface area contributed by atoms with Crippen LogP contribution in [0.5, 0.6) is 5.75 Å². The van der Waals surface area contributed by atoms with Gasteiger partial charge >= 0.3 is 0 Å². The minimum Gasteiger partial charge on any atom is -0.508 e. The van der Waals surface area contributed by atoms with Crippen molar-refractivity contribution >= 4 is 44.8 Å². The molecule has 1 aliphatic heterocycles. The number of nitrogens with one attached hydrogen (secondary N) is 3. The molecule has 2 aromatic carbocycles. The number of aromatic hydroxyl groups is 1. The van der Waals surface area contributed by atoms with Crippen LogP contribution in [0.25, 0.3) is 33.0 Å². The molecule has 162 valence electrons. The standard InChI is InChI=1S/C25H24N4O3/c1-2-26-10-5-11-29-14-19(17-12-15(30)8-9-21(17)29)23-22(24(31)28-25(23)32)18-13-27-20-7-4-3-6-16(18)20/h3-4,6-9,12-14,26-27,30H,2,5,10-11H2,1H3,(H,28,31,32). The van der Waals surface area contributed by atoms with Gasteiger partial charge in [-0.15, -0.1) is 0 Å².